The SMILES string of the molecule is CC(C)CC1CNCCC12CCCCCCC2. The average molecular weight is 237 g/mol. The molecule has 0 radical (unpaired) electrons. The molecule has 1 spiro atoms. The molecule has 0 aromatic carbocycles. The van der Waals surface area contributed by atoms with Gasteiger partial charge in [0.05, 0.1) is 0 Å². The zero-order valence-corrected chi connectivity index (χ0v) is 11.9. The Labute approximate surface area is 108 Å². The third-order valence-corrected chi connectivity index (χ3v) is 5.16. The van der Waals surface area contributed by atoms with Crippen molar-refractivity contribution in [3.63, 3.8) is 0 Å². The highest BCUT2D eigenvalue weighted by Crippen LogP contribution is 2.47. The lowest BCUT2D eigenvalue weighted by molar-refractivity contribution is 0.0575. The van der Waals surface area contributed by atoms with E-state index in [1.54, 1.807) is 0 Å². The molecule has 1 aliphatic heterocycles. The largest absolute Gasteiger partial charge is 0.316 e. The minimum Gasteiger partial charge on any atom is -0.316 e. The summed E-state index contributed by atoms with van der Waals surface area (Å²) in [5.74, 6) is 1.82. The van der Waals surface area contributed by atoms with E-state index in [2.05, 4.69) is 19.2 Å². The van der Waals surface area contributed by atoms with E-state index in [1.165, 1.54) is 70.9 Å². The van der Waals surface area contributed by atoms with Crippen LogP contribution in [0.3, 0.4) is 0 Å². The molecule has 17 heavy (non-hydrogen) atoms. The fourth-order valence-electron chi connectivity index (χ4n) is 4.20. The zero-order chi connectivity index (χ0) is 12.1. The first-order valence-electron chi connectivity index (χ1n) is 7.94. The zero-order valence-electron chi connectivity index (χ0n) is 11.9. The summed E-state index contributed by atoms with van der Waals surface area (Å²) in [6, 6.07) is 0. The smallest absolute Gasteiger partial charge is 0.00151 e. The van der Waals surface area contributed by atoms with Gasteiger partial charge in [0.2, 0.25) is 0 Å². The molecule has 1 N–H and O–H groups in total. The van der Waals surface area contributed by atoms with Gasteiger partial charge in [-0.25, -0.2) is 0 Å². The van der Waals surface area contributed by atoms with Crippen molar-refractivity contribution in [2.75, 3.05) is 13.1 Å². The monoisotopic (exact) mass is 237 g/mol. The third-order valence-electron chi connectivity index (χ3n) is 5.16. The molecule has 1 aliphatic carbocycles. The lowest BCUT2D eigenvalue weighted by atomic mass is 9.62. The minimum absolute atomic E-state index is 0.718. The van der Waals surface area contributed by atoms with Gasteiger partial charge in [0.15, 0.2) is 0 Å². The third kappa shape index (κ3) is 3.47. The van der Waals surface area contributed by atoms with Crippen LogP contribution in [0.1, 0.15) is 71.6 Å². The van der Waals surface area contributed by atoms with Crippen LogP contribution in [0, 0.1) is 17.3 Å². The van der Waals surface area contributed by atoms with Gasteiger partial charge in [0.25, 0.3) is 0 Å². The van der Waals surface area contributed by atoms with E-state index >= 15 is 0 Å². The Morgan fingerprint density at radius 3 is 2.29 bits per heavy atom. The van der Waals surface area contributed by atoms with Gasteiger partial charge >= 0.3 is 0 Å². The van der Waals surface area contributed by atoms with Crippen molar-refractivity contribution in [3.8, 4) is 0 Å². The molecule has 1 heterocycles. The second-order valence-electron chi connectivity index (χ2n) is 6.91. The second kappa shape index (κ2) is 6.22. The molecule has 2 fully saturated rings. The summed E-state index contributed by atoms with van der Waals surface area (Å²) < 4.78 is 0. The van der Waals surface area contributed by atoms with Crippen LogP contribution < -0.4 is 5.32 Å². The maximum atomic E-state index is 3.65. The van der Waals surface area contributed by atoms with Crippen LogP contribution in [0.15, 0.2) is 0 Å². The van der Waals surface area contributed by atoms with Gasteiger partial charge in [-0.05, 0) is 56.0 Å². The molecule has 2 rings (SSSR count). The molecule has 1 unspecified atom stereocenters. The first kappa shape index (κ1) is 13.4. The molecular formula is C16H31N. The Hall–Kier alpha value is -0.0400. The molecule has 0 aromatic rings. The average Bonchev–Trinajstić information content (AvgIpc) is 2.26. The molecule has 2 aliphatic rings. The lowest BCUT2D eigenvalue weighted by Crippen LogP contribution is -2.46. The highest BCUT2D eigenvalue weighted by atomic mass is 14.9. The van der Waals surface area contributed by atoms with Crippen molar-refractivity contribution in [1.82, 2.24) is 5.32 Å². The molecule has 1 saturated heterocycles. The summed E-state index contributed by atoms with van der Waals surface area (Å²) in [5, 5.41) is 3.65. The maximum absolute atomic E-state index is 3.65. The number of rotatable bonds is 2. The van der Waals surface area contributed by atoms with Crippen LogP contribution >= 0.6 is 0 Å². The van der Waals surface area contributed by atoms with Crippen molar-refractivity contribution in [3.05, 3.63) is 0 Å². The van der Waals surface area contributed by atoms with E-state index in [9.17, 15) is 0 Å². The van der Waals surface area contributed by atoms with Crippen molar-refractivity contribution in [1.29, 1.82) is 0 Å². The quantitative estimate of drug-likeness (QED) is 0.752. The van der Waals surface area contributed by atoms with Crippen LogP contribution in [-0.2, 0) is 0 Å². The van der Waals surface area contributed by atoms with Crippen LogP contribution in [0.25, 0.3) is 0 Å². The van der Waals surface area contributed by atoms with Crippen molar-refractivity contribution >= 4 is 0 Å². The molecule has 100 valence electrons. The normalized spacial score (nSPS) is 30.2. The summed E-state index contributed by atoms with van der Waals surface area (Å²) in [6.07, 6.45) is 13.4. The van der Waals surface area contributed by atoms with E-state index in [4.69, 9.17) is 0 Å². The molecular weight excluding hydrogens is 206 g/mol. The number of hydrogen-bond acceptors (Lipinski definition) is 1. The van der Waals surface area contributed by atoms with E-state index in [-0.39, 0.29) is 0 Å². The first-order chi connectivity index (χ1) is 8.23. The fourth-order valence-corrected chi connectivity index (χ4v) is 4.20. The summed E-state index contributed by atoms with van der Waals surface area (Å²) >= 11 is 0. The topological polar surface area (TPSA) is 12.0 Å². The van der Waals surface area contributed by atoms with Gasteiger partial charge in [-0.1, -0.05) is 46.0 Å². The number of piperidine rings is 1. The molecule has 0 bridgehead atoms. The fraction of sp³-hybridized carbons (Fsp3) is 1.00. The van der Waals surface area contributed by atoms with Gasteiger partial charge < -0.3 is 5.32 Å². The van der Waals surface area contributed by atoms with Crippen LogP contribution in [0.5, 0.6) is 0 Å². The Balaban J connectivity index is 2.04. The molecule has 0 amide bonds. The van der Waals surface area contributed by atoms with E-state index in [0.717, 1.165) is 17.3 Å². The Kier molecular flexibility index (Phi) is 4.90. The van der Waals surface area contributed by atoms with E-state index < -0.39 is 0 Å². The van der Waals surface area contributed by atoms with Gasteiger partial charge in [0.1, 0.15) is 0 Å². The number of nitrogens with one attached hydrogen (secondary N) is 1. The van der Waals surface area contributed by atoms with E-state index in [1.807, 2.05) is 0 Å². The Morgan fingerprint density at radius 2 is 1.65 bits per heavy atom. The predicted octanol–water partition coefficient (Wildman–Crippen LogP) is 4.37. The molecule has 0 aromatic heterocycles. The molecule has 1 nitrogen and oxygen atoms in total. The lowest BCUT2D eigenvalue weighted by Gasteiger charge is -2.47. The van der Waals surface area contributed by atoms with Gasteiger partial charge in [-0.2, -0.15) is 0 Å². The highest BCUT2D eigenvalue weighted by Gasteiger charge is 2.39. The Morgan fingerprint density at radius 1 is 1.00 bits per heavy atom. The standard InChI is InChI=1S/C16H31N/c1-14(2)12-15-13-17-11-10-16(15)8-6-4-3-5-7-9-16/h14-15,17H,3-13H2,1-2H3. The summed E-state index contributed by atoms with van der Waals surface area (Å²) in [5.41, 5.74) is 0.718. The maximum Gasteiger partial charge on any atom is -0.00151 e. The second-order valence-corrected chi connectivity index (χ2v) is 6.91. The minimum atomic E-state index is 0.718. The highest BCUT2D eigenvalue weighted by molar-refractivity contribution is 4.92. The summed E-state index contributed by atoms with van der Waals surface area (Å²) in [4.78, 5) is 0. The predicted molar refractivity (Wildman–Crippen MR) is 75.2 cm³/mol. The summed E-state index contributed by atoms with van der Waals surface area (Å²) in [7, 11) is 0. The first-order valence-corrected chi connectivity index (χ1v) is 7.94. The molecule has 1 atom stereocenters. The van der Waals surface area contributed by atoms with Crippen molar-refractivity contribution < 1.29 is 0 Å². The molecule has 1 heteroatoms. The Bertz CT molecular complexity index is 214. The molecule has 1 saturated carbocycles. The van der Waals surface area contributed by atoms with Crippen LogP contribution in [-0.4, -0.2) is 13.1 Å². The summed E-state index contributed by atoms with van der Waals surface area (Å²) in [6.45, 7) is 7.35. The van der Waals surface area contributed by atoms with Gasteiger partial charge in [-0.15, -0.1) is 0 Å². The van der Waals surface area contributed by atoms with Crippen molar-refractivity contribution in [2.45, 2.75) is 71.6 Å². The number of hydrogen-bond donors (Lipinski definition) is 1. The van der Waals surface area contributed by atoms with Crippen molar-refractivity contribution in [2.24, 2.45) is 17.3 Å². The van der Waals surface area contributed by atoms with Gasteiger partial charge in [-0.3, -0.25) is 0 Å². The van der Waals surface area contributed by atoms with Gasteiger partial charge in [0, 0.05) is 0 Å². The van der Waals surface area contributed by atoms with Crippen LogP contribution in [0.4, 0.5) is 0 Å². The van der Waals surface area contributed by atoms with E-state index in [0.29, 0.717) is 0 Å². The van der Waals surface area contributed by atoms with Crippen LogP contribution in [0.2, 0.25) is 0 Å².